The summed E-state index contributed by atoms with van der Waals surface area (Å²) in [5.41, 5.74) is 1.70. The van der Waals surface area contributed by atoms with E-state index >= 15 is 0 Å². The van der Waals surface area contributed by atoms with Gasteiger partial charge in [-0.3, -0.25) is 4.79 Å². The molecule has 1 saturated heterocycles. The molecule has 2 rings (SSSR count). The monoisotopic (exact) mass is 321 g/mol. The minimum Gasteiger partial charge on any atom is -0.544 e. The maximum absolute atomic E-state index is 12.2. The number of nitrogens with zero attached hydrogens (tertiary/aromatic N) is 1. The van der Waals surface area contributed by atoms with Gasteiger partial charge in [-0.1, -0.05) is 0 Å². The lowest BCUT2D eigenvalue weighted by Gasteiger charge is -2.30. The number of carboxylic acids is 1. The molecule has 1 atom stereocenters. The Morgan fingerprint density at radius 2 is 1.87 bits per heavy atom. The van der Waals surface area contributed by atoms with E-state index in [4.69, 9.17) is 0 Å². The van der Waals surface area contributed by atoms with Crippen LogP contribution in [0.1, 0.15) is 6.42 Å². The summed E-state index contributed by atoms with van der Waals surface area (Å²) in [5.74, 6) is -1.45. The zero-order valence-corrected chi connectivity index (χ0v) is 13.7. The van der Waals surface area contributed by atoms with Crippen molar-refractivity contribution < 1.29 is 24.9 Å². The third-order valence-corrected chi connectivity index (χ3v) is 4.17. The Balaban J connectivity index is 1.94. The summed E-state index contributed by atoms with van der Waals surface area (Å²) in [6, 6.07) is 6.63. The first-order valence-electron chi connectivity index (χ1n) is 7.91. The SMILES string of the molecule is CN(C)c1ccc(NC(=O)C[C@H](C(=O)[O-])[NH+]2CC[NH2+]CC2)cc1. The number of rotatable bonds is 6. The molecule has 0 aliphatic carbocycles. The van der Waals surface area contributed by atoms with E-state index in [2.05, 4.69) is 10.6 Å². The molecule has 1 aliphatic rings. The highest BCUT2D eigenvalue weighted by molar-refractivity contribution is 5.93. The van der Waals surface area contributed by atoms with Crippen molar-refractivity contribution in [2.24, 2.45) is 0 Å². The predicted molar refractivity (Wildman–Crippen MR) is 85.2 cm³/mol. The van der Waals surface area contributed by atoms with Crippen LogP contribution in [-0.2, 0) is 9.59 Å². The average Bonchev–Trinajstić information content (AvgIpc) is 2.53. The Kier molecular flexibility index (Phi) is 5.95. The van der Waals surface area contributed by atoms with Gasteiger partial charge in [-0.05, 0) is 24.3 Å². The molecule has 1 aliphatic heterocycles. The number of amides is 1. The van der Waals surface area contributed by atoms with Crippen molar-refractivity contribution in [3.8, 4) is 0 Å². The second kappa shape index (κ2) is 7.94. The van der Waals surface area contributed by atoms with Gasteiger partial charge in [0.05, 0.1) is 12.4 Å². The molecule has 0 bridgehead atoms. The van der Waals surface area contributed by atoms with Crippen LogP contribution in [0.25, 0.3) is 0 Å². The Labute approximate surface area is 136 Å². The van der Waals surface area contributed by atoms with Crippen LogP contribution < -0.4 is 25.5 Å². The molecule has 0 radical (unpaired) electrons. The number of hydrogen-bond acceptors (Lipinski definition) is 4. The standard InChI is InChI=1S/C16H24N4O3/c1-19(2)13-5-3-12(4-6-13)18-15(21)11-14(16(22)23)20-9-7-17-8-10-20/h3-6,14,17H,7-11H2,1-2H3,(H,18,21)(H,22,23)/p+1/t14-/m1/s1. The Morgan fingerprint density at radius 1 is 1.26 bits per heavy atom. The number of anilines is 2. The van der Waals surface area contributed by atoms with Gasteiger partial charge < -0.3 is 30.3 Å². The van der Waals surface area contributed by atoms with Crippen molar-refractivity contribution >= 4 is 23.3 Å². The third-order valence-electron chi connectivity index (χ3n) is 4.17. The number of carbonyl (C=O) groups is 2. The maximum atomic E-state index is 12.2. The van der Waals surface area contributed by atoms with Crippen LogP contribution >= 0.6 is 0 Å². The smallest absolute Gasteiger partial charge is 0.230 e. The van der Waals surface area contributed by atoms with Gasteiger partial charge in [0.15, 0.2) is 0 Å². The van der Waals surface area contributed by atoms with Crippen molar-refractivity contribution in [1.82, 2.24) is 0 Å². The summed E-state index contributed by atoms with van der Waals surface area (Å²) in [6.07, 6.45) is -0.0624. The lowest BCUT2D eigenvalue weighted by atomic mass is 10.1. The van der Waals surface area contributed by atoms with Gasteiger partial charge in [-0.25, -0.2) is 0 Å². The van der Waals surface area contributed by atoms with E-state index in [1.807, 2.05) is 43.3 Å². The Bertz CT molecular complexity index is 539. The molecule has 0 unspecified atom stereocenters. The summed E-state index contributed by atoms with van der Waals surface area (Å²) in [4.78, 5) is 26.4. The van der Waals surface area contributed by atoms with Gasteiger partial charge in [0.1, 0.15) is 32.2 Å². The molecule has 0 saturated carbocycles. The summed E-state index contributed by atoms with van der Waals surface area (Å²) < 4.78 is 0. The van der Waals surface area contributed by atoms with Crippen LogP contribution in [0.15, 0.2) is 24.3 Å². The quantitative estimate of drug-likeness (QED) is 0.511. The summed E-state index contributed by atoms with van der Waals surface area (Å²) >= 11 is 0. The van der Waals surface area contributed by atoms with Gasteiger partial charge in [0.2, 0.25) is 5.91 Å². The van der Waals surface area contributed by atoms with Crippen molar-refractivity contribution in [2.45, 2.75) is 12.5 Å². The zero-order valence-electron chi connectivity index (χ0n) is 13.7. The second-order valence-electron chi connectivity index (χ2n) is 6.09. The Morgan fingerprint density at radius 3 is 2.39 bits per heavy atom. The van der Waals surface area contributed by atoms with E-state index in [0.29, 0.717) is 5.69 Å². The fourth-order valence-electron chi connectivity index (χ4n) is 2.83. The fourth-order valence-corrected chi connectivity index (χ4v) is 2.83. The lowest BCUT2D eigenvalue weighted by molar-refractivity contribution is -0.961. The molecular formula is C16H25N4O3+. The highest BCUT2D eigenvalue weighted by atomic mass is 16.4. The van der Waals surface area contributed by atoms with E-state index in [0.717, 1.165) is 36.8 Å². The van der Waals surface area contributed by atoms with Gasteiger partial charge in [-0.2, -0.15) is 0 Å². The van der Waals surface area contributed by atoms with E-state index in [1.54, 1.807) is 0 Å². The van der Waals surface area contributed by atoms with Crippen LogP contribution in [0.2, 0.25) is 0 Å². The largest absolute Gasteiger partial charge is 0.544 e. The number of carboxylic acid groups (broad SMARTS) is 1. The molecule has 0 aromatic heterocycles. The third kappa shape index (κ3) is 4.94. The minimum atomic E-state index is -1.15. The van der Waals surface area contributed by atoms with Gasteiger partial charge >= 0.3 is 0 Å². The molecular weight excluding hydrogens is 296 g/mol. The molecule has 1 amide bonds. The summed E-state index contributed by atoms with van der Waals surface area (Å²) in [7, 11) is 3.88. The number of carbonyl (C=O) groups excluding carboxylic acids is 2. The molecule has 7 nitrogen and oxygen atoms in total. The van der Waals surface area contributed by atoms with Crippen molar-refractivity contribution in [3.05, 3.63) is 24.3 Å². The van der Waals surface area contributed by atoms with Gasteiger partial charge in [-0.15, -0.1) is 0 Å². The topological polar surface area (TPSA) is 93.5 Å². The summed E-state index contributed by atoms with van der Waals surface area (Å²) in [5, 5.41) is 16.3. The van der Waals surface area contributed by atoms with E-state index in [9.17, 15) is 14.7 Å². The number of piperazine rings is 1. The van der Waals surface area contributed by atoms with Gasteiger partial charge in [0.25, 0.3) is 0 Å². The predicted octanol–water partition coefficient (Wildman–Crippen LogP) is -3.34. The normalized spacial score (nSPS) is 16.6. The van der Waals surface area contributed by atoms with Crippen molar-refractivity contribution in [2.75, 3.05) is 50.5 Å². The first-order chi connectivity index (χ1) is 11.0. The fraction of sp³-hybridized carbons (Fsp3) is 0.500. The number of nitrogens with two attached hydrogens (primary N) is 1. The highest BCUT2D eigenvalue weighted by Crippen LogP contribution is 2.15. The number of quaternary nitrogens is 2. The first-order valence-corrected chi connectivity index (χ1v) is 7.91. The highest BCUT2D eigenvalue weighted by Gasteiger charge is 2.29. The van der Waals surface area contributed by atoms with E-state index < -0.39 is 12.0 Å². The molecule has 1 heterocycles. The molecule has 0 spiro atoms. The molecule has 1 aromatic rings. The summed E-state index contributed by atoms with van der Waals surface area (Å²) in [6.45, 7) is 3.24. The number of nitrogens with one attached hydrogen (secondary N) is 2. The molecule has 23 heavy (non-hydrogen) atoms. The van der Waals surface area contributed by atoms with Crippen molar-refractivity contribution in [1.29, 1.82) is 0 Å². The molecule has 7 heteroatoms. The van der Waals surface area contributed by atoms with Crippen LogP contribution in [0.3, 0.4) is 0 Å². The van der Waals surface area contributed by atoms with Crippen LogP contribution in [0, 0.1) is 0 Å². The maximum Gasteiger partial charge on any atom is 0.230 e. The van der Waals surface area contributed by atoms with Crippen LogP contribution in [-0.4, -0.2) is 58.2 Å². The number of aliphatic carboxylic acids is 1. The van der Waals surface area contributed by atoms with Crippen molar-refractivity contribution in [3.63, 3.8) is 0 Å². The molecule has 1 fully saturated rings. The second-order valence-corrected chi connectivity index (χ2v) is 6.09. The van der Waals surface area contributed by atoms with Crippen LogP contribution in [0.5, 0.6) is 0 Å². The molecule has 1 aromatic carbocycles. The number of hydrogen-bond donors (Lipinski definition) is 3. The van der Waals surface area contributed by atoms with Gasteiger partial charge in [0, 0.05) is 25.5 Å². The molecule has 126 valence electrons. The number of benzene rings is 1. The van der Waals surface area contributed by atoms with E-state index in [1.165, 1.54) is 0 Å². The molecule has 4 N–H and O–H groups in total. The lowest BCUT2D eigenvalue weighted by Crippen LogP contribution is -3.24. The van der Waals surface area contributed by atoms with E-state index in [-0.39, 0.29) is 12.3 Å². The first kappa shape index (κ1) is 17.2. The average molecular weight is 321 g/mol. The Hall–Kier alpha value is -2.12. The minimum absolute atomic E-state index is 0.0624. The zero-order chi connectivity index (χ0) is 16.8. The van der Waals surface area contributed by atoms with Crippen LogP contribution in [0.4, 0.5) is 11.4 Å².